The van der Waals surface area contributed by atoms with Gasteiger partial charge in [-0.1, -0.05) is 0 Å². The van der Waals surface area contributed by atoms with Crippen LogP contribution in [0.2, 0.25) is 0 Å². The average molecular weight is 265 g/mol. The van der Waals surface area contributed by atoms with E-state index in [-0.39, 0.29) is 23.1 Å². The third kappa shape index (κ3) is 2.81. The van der Waals surface area contributed by atoms with E-state index in [4.69, 9.17) is 4.74 Å². The first kappa shape index (κ1) is 13.7. The first-order valence-electron chi connectivity index (χ1n) is 6.37. The third-order valence-corrected chi connectivity index (χ3v) is 3.63. The highest BCUT2D eigenvalue weighted by Gasteiger charge is 2.30. The summed E-state index contributed by atoms with van der Waals surface area (Å²) in [6.45, 7) is 2.88. The number of carbonyl (C=O) groups is 1. The van der Waals surface area contributed by atoms with Crippen LogP contribution in [0, 0.1) is 5.92 Å². The van der Waals surface area contributed by atoms with Crippen molar-refractivity contribution in [2.75, 3.05) is 20.2 Å². The van der Waals surface area contributed by atoms with Gasteiger partial charge in [0.25, 0.3) is 5.91 Å². The molecule has 2 rings (SSSR count). The number of amides is 1. The quantitative estimate of drug-likeness (QED) is 0.862. The van der Waals surface area contributed by atoms with Crippen molar-refractivity contribution in [3.05, 3.63) is 23.8 Å². The molecule has 5 heteroatoms. The van der Waals surface area contributed by atoms with Crippen LogP contribution < -0.4 is 4.74 Å². The molecule has 2 atom stereocenters. The Morgan fingerprint density at radius 3 is 2.79 bits per heavy atom. The van der Waals surface area contributed by atoms with Crippen LogP contribution in [0.3, 0.4) is 0 Å². The van der Waals surface area contributed by atoms with Crippen molar-refractivity contribution in [3.63, 3.8) is 0 Å². The lowest BCUT2D eigenvalue weighted by Crippen LogP contribution is -2.30. The number of benzene rings is 1. The average Bonchev–Trinajstić information content (AvgIpc) is 2.87. The van der Waals surface area contributed by atoms with Gasteiger partial charge in [-0.2, -0.15) is 0 Å². The molecule has 1 aliphatic heterocycles. The number of hydrogen-bond donors (Lipinski definition) is 2. The molecular formula is C14H19NO4. The molecule has 19 heavy (non-hydrogen) atoms. The van der Waals surface area contributed by atoms with Gasteiger partial charge in [0.15, 0.2) is 0 Å². The topological polar surface area (TPSA) is 70.0 Å². The first-order chi connectivity index (χ1) is 9.02. The summed E-state index contributed by atoms with van der Waals surface area (Å²) in [5, 5.41) is 19.4. The van der Waals surface area contributed by atoms with Gasteiger partial charge in [-0.15, -0.1) is 0 Å². The molecule has 104 valence electrons. The van der Waals surface area contributed by atoms with Gasteiger partial charge in [0.05, 0.1) is 18.8 Å². The summed E-state index contributed by atoms with van der Waals surface area (Å²) in [7, 11) is 1.50. The van der Waals surface area contributed by atoms with E-state index < -0.39 is 6.10 Å². The number of phenols is 1. The van der Waals surface area contributed by atoms with Gasteiger partial charge in [-0.3, -0.25) is 4.79 Å². The van der Waals surface area contributed by atoms with Gasteiger partial charge in [-0.25, -0.2) is 0 Å². The molecule has 1 fully saturated rings. The summed E-state index contributed by atoms with van der Waals surface area (Å²) in [6.07, 6.45) is 0.377. The minimum absolute atomic E-state index is 0.0788. The first-order valence-corrected chi connectivity index (χ1v) is 6.37. The molecule has 1 saturated heterocycles. The summed E-state index contributed by atoms with van der Waals surface area (Å²) in [4.78, 5) is 13.9. The Balaban J connectivity index is 2.12. The predicted molar refractivity (Wildman–Crippen MR) is 70.4 cm³/mol. The zero-order valence-corrected chi connectivity index (χ0v) is 11.2. The molecule has 0 bridgehead atoms. The summed E-state index contributed by atoms with van der Waals surface area (Å²) in [5.41, 5.74) is 0.270. The number of phenolic OH excluding ortho intramolecular Hbond substituents is 1. The molecule has 0 saturated carbocycles. The number of aliphatic hydroxyl groups excluding tert-OH is 1. The van der Waals surface area contributed by atoms with Crippen molar-refractivity contribution in [1.29, 1.82) is 0 Å². The van der Waals surface area contributed by atoms with Gasteiger partial charge in [-0.05, 0) is 25.5 Å². The largest absolute Gasteiger partial charge is 0.507 e. The highest BCUT2D eigenvalue weighted by molar-refractivity contribution is 5.97. The normalized spacial score (nSPS) is 20.4. The smallest absolute Gasteiger partial charge is 0.257 e. The molecule has 1 amide bonds. The molecule has 1 aromatic carbocycles. The molecule has 5 nitrogen and oxygen atoms in total. The summed E-state index contributed by atoms with van der Waals surface area (Å²) in [5.74, 6) is 0.342. The molecule has 0 aliphatic carbocycles. The van der Waals surface area contributed by atoms with Crippen LogP contribution in [-0.4, -0.2) is 47.3 Å². The number of aromatic hydroxyl groups is 1. The van der Waals surface area contributed by atoms with Gasteiger partial charge < -0.3 is 19.8 Å². The van der Waals surface area contributed by atoms with Crippen molar-refractivity contribution < 1.29 is 19.7 Å². The molecule has 2 N–H and O–H groups in total. The zero-order chi connectivity index (χ0) is 14.0. The second kappa shape index (κ2) is 5.48. The third-order valence-electron chi connectivity index (χ3n) is 3.63. The number of nitrogens with zero attached hydrogens (tertiary/aromatic N) is 1. The number of hydrogen-bond acceptors (Lipinski definition) is 4. The van der Waals surface area contributed by atoms with Crippen LogP contribution in [-0.2, 0) is 0 Å². The number of methoxy groups -OCH3 is 1. The standard InChI is InChI=1S/C14H19NO4/c1-9(16)10-5-6-15(8-10)14(18)12-4-3-11(19-2)7-13(12)17/h3-4,7,9-10,16-17H,5-6,8H2,1-2H3. The van der Waals surface area contributed by atoms with Crippen molar-refractivity contribution in [2.24, 2.45) is 5.92 Å². The number of carbonyl (C=O) groups excluding carboxylic acids is 1. The number of likely N-dealkylation sites (tertiary alicyclic amines) is 1. The highest BCUT2D eigenvalue weighted by Crippen LogP contribution is 2.27. The van der Waals surface area contributed by atoms with Crippen LogP contribution in [0.1, 0.15) is 23.7 Å². The minimum atomic E-state index is -0.415. The van der Waals surface area contributed by atoms with Crippen LogP contribution in [0.5, 0.6) is 11.5 Å². The Hall–Kier alpha value is -1.75. The highest BCUT2D eigenvalue weighted by atomic mass is 16.5. The van der Waals surface area contributed by atoms with E-state index in [2.05, 4.69) is 0 Å². The Kier molecular flexibility index (Phi) is 3.95. The Labute approximate surface area is 112 Å². The van der Waals surface area contributed by atoms with Crippen molar-refractivity contribution >= 4 is 5.91 Å². The van der Waals surface area contributed by atoms with E-state index in [9.17, 15) is 15.0 Å². The molecule has 1 aromatic rings. The lowest BCUT2D eigenvalue weighted by molar-refractivity contribution is 0.0759. The maximum atomic E-state index is 12.3. The molecule has 1 aliphatic rings. The maximum absolute atomic E-state index is 12.3. The fourth-order valence-electron chi connectivity index (χ4n) is 2.36. The molecule has 0 spiro atoms. The Bertz CT molecular complexity index is 473. The van der Waals surface area contributed by atoms with Gasteiger partial charge in [0.2, 0.25) is 0 Å². The monoisotopic (exact) mass is 265 g/mol. The van der Waals surface area contributed by atoms with Crippen LogP contribution in [0.4, 0.5) is 0 Å². The summed E-state index contributed by atoms with van der Waals surface area (Å²) in [6, 6.07) is 4.64. The molecule has 0 radical (unpaired) electrons. The second-order valence-electron chi connectivity index (χ2n) is 4.92. The molecule has 0 aromatic heterocycles. The number of rotatable bonds is 3. The van der Waals surface area contributed by atoms with E-state index in [0.717, 1.165) is 6.42 Å². The van der Waals surface area contributed by atoms with E-state index in [1.165, 1.54) is 13.2 Å². The molecule has 1 heterocycles. The van der Waals surface area contributed by atoms with Gasteiger partial charge in [0, 0.05) is 25.1 Å². The van der Waals surface area contributed by atoms with Crippen molar-refractivity contribution in [1.82, 2.24) is 4.90 Å². The van der Waals surface area contributed by atoms with Crippen LogP contribution >= 0.6 is 0 Å². The SMILES string of the molecule is COc1ccc(C(=O)N2CCC(C(C)O)C2)c(O)c1. The fraction of sp³-hybridized carbons (Fsp3) is 0.500. The Morgan fingerprint density at radius 1 is 1.53 bits per heavy atom. The molecule has 2 unspecified atom stereocenters. The Morgan fingerprint density at radius 2 is 2.26 bits per heavy atom. The molecular weight excluding hydrogens is 246 g/mol. The van der Waals surface area contributed by atoms with Crippen molar-refractivity contribution in [2.45, 2.75) is 19.4 Å². The van der Waals surface area contributed by atoms with Crippen LogP contribution in [0.15, 0.2) is 18.2 Å². The lowest BCUT2D eigenvalue weighted by atomic mass is 10.0. The van der Waals surface area contributed by atoms with Crippen molar-refractivity contribution in [3.8, 4) is 11.5 Å². The van der Waals surface area contributed by atoms with Crippen LogP contribution in [0.25, 0.3) is 0 Å². The number of ether oxygens (including phenoxy) is 1. The summed E-state index contributed by atoms with van der Waals surface area (Å²) >= 11 is 0. The maximum Gasteiger partial charge on any atom is 0.257 e. The second-order valence-corrected chi connectivity index (χ2v) is 4.92. The van der Waals surface area contributed by atoms with E-state index in [0.29, 0.717) is 18.8 Å². The van der Waals surface area contributed by atoms with E-state index in [1.54, 1.807) is 24.0 Å². The minimum Gasteiger partial charge on any atom is -0.507 e. The van der Waals surface area contributed by atoms with Gasteiger partial charge >= 0.3 is 0 Å². The predicted octanol–water partition coefficient (Wildman–Crippen LogP) is 1.24. The zero-order valence-electron chi connectivity index (χ0n) is 11.2. The lowest BCUT2D eigenvalue weighted by Gasteiger charge is -2.18. The van der Waals surface area contributed by atoms with E-state index >= 15 is 0 Å². The van der Waals surface area contributed by atoms with Gasteiger partial charge in [0.1, 0.15) is 11.5 Å². The fourth-order valence-corrected chi connectivity index (χ4v) is 2.36. The van der Waals surface area contributed by atoms with E-state index in [1.807, 2.05) is 0 Å². The number of aliphatic hydroxyl groups is 1. The summed E-state index contributed by atoms with van der Waals surface area (Å²) < 4.78 is 4.99.